The number of anilines is 2. The van der Waals surface area contributed by atoms with Gasteiger partial charge in [0.1, 0.15) is 5.75 Å². The van der Waals surface area contributed by atoms with E-state index in [1.54, 1.807) is 13.3 Å². The molecule has 0 aliphatic rings. The molecule has 0 saturated carbocycles. The quantitative estimate of drug-likeness (QED) is 0.706. The normalized spacial score (nSPS) is 10.7. The van der Waals surface area contributed by atoms with Crippen molar-refractivity contribution in [2.45, 2.75) is 13.8 Å². The highest BCUT2D eigenvalue weighted by molar-refractivity contribution is 6.13. The summed E-state index contributed by atoms with van der Waals surface area (Å²) in [4.78, 5) is 18.0. The van der Waals surface area contributed by atoms with Crippen LogP contribution in [0.5, 0.6) is 5.75 Å². The molecule has 0 aliphatic carbocycles. The fraction of sp³-hybridized carbons (Fsp3) is 0.250. The summed E-state index contributed by atoms with van der Waals surface area (Å²) in [6, 6.07) is 13.6. The summed E-state index contributed by atoms with van der Waals surface area (Å²) in [6.07, 6.45) is 1.73. The van der Waals surface area contributed by atoms with Crippen molar-refractivity contribution in [3.05, 3.63) is 54.2 Å². The van der Waals surface area contributed by atoms with Gasteiger partial charge in [-0.05, 0) is 56.3 Å². The monoisotopic (exact) mass is 337 g/mol. The minimum absolute atomic E-state index is 0.143. The van der Waals surface area contributed by atoms with Crippen LogP contribution >= 0.6 is 0 Å². The number of rotatable bonds is 6. The van der Waals surface area contributed by atoms with Crippen LogP contribution in [0.25, 0.3) is 10.9 Å². The highest BCUT2D eigenvalue weighted by Gasteiger charge is 2.13. The van der Waals surface area contributed by atoms with E-state index in [0.717, 1.165) is 41.1 Å². The van der Waals surface area contributed by atoms with Crippen LogP contribution in [0, 0.1) is 0 Å². The molecule has 0 unspecified atom stereocenters. The van der Waals surface area contributed by atoms with Crippen LogP contribution in [0.4, 0.5) is 11.4 Å². The second-order valence-corrected chi connectivity index (χ2v) is 5.79. The van der Waals surface area contributed by atoms with Crippen molar-refractivity contribution in [2.75, 3.05) is 30.4 Å². The number of aromatic amines is 1. The van der Waals surface area contributed by atoms with Crippen molar-refractivity contribution in [1.29, 1.82) is 0 Å². The molecule has 3 rings (SSSR count). The molecular weight excluding hydrogens is 314 g/mol. The Morgan fingerprint density at radius 1 is 1.12 bits per heavy atom. The molecule has 0 aliphatic heterocycles. The van der Waals surface area contributed by atoms with Gasteiger partial charge in [0.2, 0.25) is 0 Å². The summed E-state index contributed by atoms with van der Waals surface area (Å²) in [6.45, 7) is 6.17. The number of carbonyl (C=O) groups is 1. The number of H-pyrrole nitrogens is 1. The van der Waals surface area contributed by atoms with Gasteiger partial charge < -0.3 is 19.9 Å². The molecule has 0 spiro atoms. The Kier molecular flexibility index (Phi) is 4.93. The van der Waals surface area contributed by atoms with Crippen LogP contribution in [-0.2, 0) is 0 Å². The van der Waals surface area contributed by atoms with Gasteiger partial charge in [-0.15, -0.1) is 0 Å². The van der Waals surface area contributed by atoms with Crippen molar-refractivity contribution in [3.63, 3.8) is 0 Å². The second kappa shape index (κ2) is 7.30. The smallest absolute Gasteiger partial charge is 0.257 e. The Morgan fingerprint density at radius 3 is 2.48 bits per heavy atom. The van der Waals surface area contributed by atoms with Gasteiger partial charge in [-0.3, -0.25) is 4.79 Å². The third-order valence-corrected chi connectivity index (χ3v) is 4.39. The Morgan fingerprint density at radius 2 is 1.84 bits per heavy atom. The molecule has 25 heavy (non-hydrogen) atoms. The highest BCUT2D eigenvalue weighted by Crippen LogP contribution is 2.25. The van der Waals surface area contributed by atoms with Gasteiger partial charge in [0.05, 0.1) is 12.7 Å². The Bertz CT molecular complexity index is 864. The number of benzene rings is 2. The summed E-state index contributed by atoms with van der Waals surface area (Å²) < 4.78 is 5.25. The number of carbonyl (C=O) groups excluding carboxylic acids is 1. The second-order valence-electron chi connectivity index (χ2n) is 5.79. The van der Waals surface area contributed by atoms with E-state index in [4.69, 9.17) is 4.74 Å². The van der Waals surface area contributed by atoms with Gasteiger partial charge in [-0.2, -0.15) is 0 Å². The Balaban J connectivity index is 1.80. The van der Waals surface area contributed by atoms with Crippen molar-refractivity contribution in [1.82, 2.24) is 4.98 Å². The minimum atomic E-state index is -0.143. The predicted molar refractivity (Wildman–Crippen MR) is 103 cm³/mol. The van der Waals surface area contributed by atoms with Crippen LogP contribution in [0.2, 0.25) is 0 Å². The van der Waals surface area contributed by atoms with Crippen LogP contribution in [0.15, 0.2) is 48.7 Å². The zero-order valence-electron chi connectivity index (χ0n) is 14.8. The van der Waals surface area contributed by atoms with E-state index in [-0.39, 0.29) is 5.91 Å². The summed E-state index contributed by atoms with van der Waals surface area (Å²) >= 11 is 0. The largest absolute Gasteiger partial charge is 0.497 e. The third kappa shape index (κ3) is 3.45. The fourth-order valence-corrected chi connectivity index (χ4v) is 2.96. The number of hydrogen-bond acceptors (Lipinski definition) is 3. The van der Waals surface area contributed by atoms with Gasteiger partial charge in [-0.1, -0.05) is 0 Å². The molecule has 2 aromatic carbocycles. The maximum absolute atomic E-state index is 12.6. The summed E-state index contributed by atoms with van der Waals surface area (Å²) in [5, 5.41) is 3.80. The van der Waals surface area contributed by atoms with Gasteiger partial charge in [-0.25, -0.2) is 0 Å². The van der Waals surface area contributed by atoms with Crippen molar-refractivity contribution in [3.8, 4) is 5.75 Å². The maximum Gasteiger partial charge on any atom is 0.257 e. The number of ether oxygens (including phenoxy) is 1. The number of nitrogens with one attached hydrogen (secondary N) is 2. The highest BCUT2D eigenvalue weighted by atomic mass is 16.5. The van der Waals surface area contributed by atoms with E-state index in [1.165, 1.54) is 0 Å². The van der Waals surface area contributed by atoms with E-state index in [2.05, 4.69) is 29.0 Å². The SMILES string of the molecule is CCN(CC)c1ccc(NC(=O)c2c[nH]c3ccc(OC)cc23)cc1. The number of aromatic nitrogens is 1. The summed E-state index contributed by atoms with van der Waals surface area (Å²) in [5.41, 5.74) is 3.43. The first-order chi connectivity index (χ1) is 12.2. The molecule has 5 nitrogen and oxygen atoms in total. The van der Waals surface area contributed by atoms with E-state index >= 15 is 0 Å². The molecule has 130 valence electrons. The maximum atomic E-state index is 12.6. The van der Waals surface area contributed by atoms with E-state index in [1.807, 2.05) is 42.5 Å². The van der Waals surface area contributed by atoms with Crippen molar-refractivity contribution in [2.24, 2.45) is 0 Å². The lowest BCUT2D eigenvalue weighted by Crippen LogP contribution is -2.21. The molecule has 0 saturated heterocycles. The van der Waals surface area contributed by atoms with E-state index < -0.39 is 0 Å². The number of nitrogens with zero attached hydrogens (tertiary/aromatic N) is 1. The average Bonchev–Trinajstić information content (AvgIpc) is 3.07. The minimum Gasteiger partial charge on any atom is -0.497 e. The molecule has 2 N–H and O–H groups in total. The third-order valence-electron chi connectivity index (χ3n) is 4.39. The van der Waals surface area contributed by atoms with Gasteiger partial charge in [0.25, 0.3) is 5.91 Å². The average molecular weight is 337 g/mol. The molecular formula is C20H23N3O2. The van der Waals surface area contributed by atoms with Crippen LogP contribution < -0.4 is 15.0 Å². The zero-order valence-corrected chi connectivity index (χ0v) is 14.8. The predicted octanol–water partition coefficient (Wildman–Crippen LogP) is 4.28. The molecule has 1 aromatic heterocycles. The van der Waals surface area contributed by atoms with E-state index in [0.29, 0.717) is 5.56 Å². The molecule has 1 amide bonds. The van der Waals surface area contributed by atoms with Crippen LogP contribution in [-0.4, -0.2) is 31.1 Å². The fourth-order valence-electron chi connectivity index (χ4n) is 2.96. The molecule has 0 fully saturated rings. The topological polar surface area (TPSA) is 57.4 Å². The summed E-state index contributed by atoms with van der Waals surface area (Å²) in [5.74, 6) is 0.583. The Hall–Kier alpha value is -2.95. The number of amides is 1. The molecule has 1 heterocycles. The van der Waals surface area contributed by atoms with Crippen molar-refractivity contribution >= 4 is 28.2 Å². The number of hydrogen-bond donors (Lipinski definition) is 2. The molecule has 5 heteroatoms. The number of methoxy groups -OCH3 is 1. The lowest BCUT2D eigenvalue weighted by molar-refractivity contribution is 0.102. The van der Waals surface area contributed by atoms with Gasteiger partial charge >= 0.3 is 0 Å². The molecule has 0 bridgehead atoms. The van der Waals surface area contributed by atoms with Crippen molar-refractivity contribution < 1.29 is 9.53 Å². The van der Waals surface area contributed by atoms with Gasteiger partial charge in [0.15, 0.2) is 0 Å². The molecule has 0 atom stereocenters. The summed E-state index contributed by atoms with van der Waals surface area (Å²) in [7, 11) is 1.62. The van der Waals surface area contributed by atoms with Gasteiger partial charge in [0, 0.05) is 41.6 Å². The standard InChI is InChI=1S/C20H23N3O2/c1-4-23(5-2)15-8-6-14(7-9-15)22-20(24)18-13-21-19-11-10-16(25-3)12-17(18)19/h6-13,21H,4-5H2,1-3H3,(H,22,24). The first-order valence-corrected chi connectivity index (χ1v) is 8.47. The number of fused-ring (bicyclic) bond motifs is 1. The van der Waals surface area contributed by atoms with Crippen LogP contribution in [0.3, 0.4) is 0 Å². The Labute approximate surface area is 147 Å². The van der Waals surface area contributed by atoms with Crippen LogP contribution in [0.1, 0.15) is 24.2 Å². The lowest BCUT2D eigenvalue weighted by atomic mass is 10.1. The lowest BCUT2D eigenvalue weighted by Gasteiger charge is -2.21. The molecule has 3 aromatic rings. The van der Waals surface area contributed by atoms with E-state index in [9.17, 15) is 4.79 Å². The first kappa shape index (κ1) is 16.9. The first-order valence-electron chi connectivity index (χ1n) is 8.47. The molecule has 0 radical (unpaired) electrons. The zero-order chi connectivity index (χ0) is 17.8.